The topological polar surface area (TPSA) is 240 Å². The van der Waals surface area contributed by atoms with Crippen molar-refractivity contribution in [3.05, 3.63) is 23.0 Å². The number of nitrogens with two attached hydrogens (primary N) is 2. The van der Waals surface area contributed by atoms with Gasteiger partial charge in [0.1, 0.15) is 48.3 Å². The summed E-state index contributed by atoms with van der Waals surface area (Å²) in [7, 11) is 0. The molecule has 42 heavy (non-hydrogen) atoms. The summed E-state index contributed by atoms with van der Waals surface area (Å²) in [6.07, 6.45) is -3.91. The van der Waals surface area contributed by atoms with Gasteiger partial charge in [-0.3, -0.25) is 14.3 Å². The number of aromatic amines is 1. The van der Waals surface area contributed by atoms with Crippen LogP contribution in [0.15, 0.2) is 17.4 Å². The molecular formula is C19H22F2N11O6PS3. The van der Waals surface area contributed by atoms with Crippen LogP contribution in [-0.2, 0) is 31.4 Å². The molecule has 6 rings (SSSR count). The van der Waals surface area contributed by atoms with Crippen molar-refractivity contribution in [3.8, 4) is 0 Å². The predicted molar refractivity (Wildman–Crippen MR) is 151 cm³/mol. The Kier molecular flexibility index (Phi) is 7.63. The number of hydrogen-bond donors (Lipinski definition) is 6. The summed E-state index contributed by atoms with van der Waals surface area (Å²) in [4.78, 5) is 30.4. The standard InChI is InChI=1S/C19H22F2N11O6PS3/c20-8-7(1-33)42-17(32-15-10(29-30-32)16(35)28-18(23)27-15)11(8)38-39(40,41)37-2-6-12(34)19(21,3-36-6)31-5-26-9-13(22)24-4-25-14(9)31/h4-8,11-12,17,33-34H,1-3H2,(H,40,41)(H2,22,24,25)(H3,23,27,28,35)/t6-,7-,8-,11-,12-,17-,19?/m1/s1. The number of aromatic nitrogens is 9. The monoisotopic (exact) mass is 665 g/mol. The minimum atomic E-state index is -3.61. The summed E-state index contributed by atoms with van der Waals surface area (Å²) < 4.78 is 50.6. The number of anilines is 2. The number of hydrogen-bond acceptors (Lipinski definition) is 16. The summed E-state index contributed by atoms with van der Waals surface area (Å²) in [6.45, 7) is -1.61. The first kappa shape index (κ1) is 29.5. The van der Waals surface area contributed by atoms with Crippen molar-refractivity contribution in [2.45, 2.75) is 40.9 Å². The minimum Gasteiger partial charge on any atom is -0.395 e. The number of nitrogens with zero attached hydrogens (tertiary/aromatic N) is 8. The minimum absolute atomic E-state index is 0.0338. The molecule has 4 aromatic rings. The van der Waals surface area contributed by atoms with E-state index in [1.165, 1.54) is 0 Å². The van der Waals surface area contributed by atoms with Gasteiger partial charge in [-0.05, 0) is 11.8 Å². The SMILES string of the molecule is Nc1nc2c(nnn2[C@@H]2S[C@H](CO)[C@@H](F)[C@H]2OP(=S)(S)OC[C@H]2OCC(F)(n3cnc4c(N)ncnc43)[C@@H]2O)c(=O)[nH]1. The molecule has 0 aromatic carbocycles. The van der Waals surface area contributed by atoms with E-state index in [4.69, 9.17) is 37.1 Å². The Bertz CT molecular complexity index is 1760. The Morgan fingerprint density at radius 3 is 2.88 bits per heavy atom. The zero-order chi connectivity index (χ0) is 30.0. The van der Waals surface area contributed by atoms with Crippen LogP contribution in [0.1, 0.15) is 5.37 Å². The van der Waals surface area contributed by atoms with Crippen molar-refractivity contribution < 1.29 is 32.8 Å². The maximum Gasteiger partial charge on any atom is 0.282 e. The molecule has 0 radical (unpaired) electrons. The smallest absolute Gasteiger partial charge is 0.282 e. The van der Waals surface area contributed by atoms with Crippen LogP contribution in [0.5, 0.6) is 0 Å². The van der Waals surface area contributed by atoms with Crippen LogP contribution < -0.4 is 17.0 Å². The molecule has 226 valence electrons. The number of nitrogen functional groups attached to an aromatic ring is 2. The van der Waals surface area contributed by atoms with Gasteiger partial charge >= 0.3 is 0 Å². The molecule has 2 aliphatic heterocycles. The third-order valence-electron chi connectivity index (χ3n) is 6.76. The van der Waals surface area contributed by atoms with Crippen molar-refractivity contribution >= 4 is 75.6 Å². The Balaban J connectivity index is 1.19. The van der Waals surface area contributed by atoms with Gasteiger partial charge in [-0.15, -0.1) is 16.9 Å². The first-order chi connectivity index (χ1) is 19.9. The van der Waals surface area contributed by atoms with E-state index in [0.29, 0.717) is 0 Å². The number of thiol groups is 1. The van der Waals surface area contributed by atoms with Gasteiger partial charge in [0.15, 0.2) is 22.6 Å². The second-order valence-electron chi connectivity index (χ2n) is 9.34. The van der Waals surface area contributed by atoms with E-state index in [0.717, 1.165) is 33.7 Å². The highest BCUT2D eigenvalue weighted by Crippen LogP contribution is 2.59. The second kappa shape index (κ2) is 10.9. The molecule has 2 saturated heterocycles. The highest BCUT2D eigenvalue weighted by atomic mass is 32.9. The van der Waals surface area contributed by atoms with Crippen LogP contribution in [0.25, 0.3) is 22.3 Å². The number of nitrogens with one attached hydrogen (secondary N) is 1. The summed E-state index contributed by atoms with van der Waals surface area (Å²) in [5.41, 5.74) is 7.18. The Labute approximate surface area is 247 Å². The van der Waals surface area contributed by atoms with Crippen LogP contribution in [0.2, 0.25) is 0 Å². The Hall–Kier alpha value is -2.56. The van der Waals surface area contributed by atoms with Gasteiger partial charge in [-0.25, -0.2) is 28.4 Å². The molecule has 2 unspecified atom stereocenters. The van der Waals surface area contributed by atoms with Gasteiger partial charge in [0.05, 0.1) is 24.8 Å². The van der Waals surface area contributed by atoms with Crippen LogP contribution in [0.4, 0.5) is 20.5 Å². The van der Waals surface area contributed by atoms with E-state index in [-0.39, 0.29) is 34.1 Å². The number of halogens is 2. The zero-order valence-electron chi connectivity index (χ0n) is 21.0. The van der Waals surface area contributed by atoms with Gasteiger partial charge in [0.2, 0.25) is 17.4 Å². The first-order valence-electron chi connectivity index (χ1n) is 12.0. The molecule has 2 fully saturated rings. The number of aliphatic hydroxyl groups is 2. The molecular weight excluding hydrogens is 643 g/mol. The zero-order valence-corrected chi connectivity index (χ0v) is 24.4. The van der Waals surface area contributed by atoms with E-state index < -0.39 is 72.0 Å². The predicted octanol–water partition coefficient (Wildman–Crippen LogP) is -0.599. The highest BCUT2D eigenvalue weighted by molar-refractivity contribution is 8.60. The number of rotatable bonds is 8. The molecule has 0 spiro atoms. The molecule has 0 bridgehead atoms. The van der Waals surface area contributed by atoms with Gasteiger partial charge < -0.3 is 35.5 Å². The molecule has 23 heteroatoms. The van der Waals surface area contributed by atoms with Crippen molar-refractivity contribution in [1.29, 1.82) is 0 Å². The van der Waals surface area contributed by atoms with Crippen molar-refractivity contribution in [2.24, 2.45) is 0 Å². The summed E-state index contributed by atoms with van der Waals surface area (Å²) in [5, 5.41) is 26.3. The fraction of sp³-hybridized carbons (Fsp3) is 0.526. The number of alkyl halides is 2. The molecule has 0 amide bonds. The third kappa shape index (κ3) is 4.93. The number of fused-ring (bicyclic) bond motifs is 2. The summed E-state index contributed by atoms with van der Waals surface area (Å²) in [6, 6.07) is 0. The van der Waals surface area contributed by atoms with Crippen LogP contribution in [-0.4, -0.2) is 104 Å². The normalized spacial score (nSPS) is 31.3. The molecule has 17 nitrogen and oxygen atoms in total. The van der Waals surface area contributed by atoms with Gasteiger partial charge in [0, 0.05) is 0 Å². The van der Waals surface area contributed by atoms with Crippen molar-refractivity contribution in [2.75, 3.05) is 31.3 Å². The summed E-state index contributed by atoms with van der Waals surface area (Å²) >= 11 is 10.6. The molecule has 4 aromatic heterocycles. The van der Waals surface area contributed by atoms with E-state index in [2.05, 4.69) is 47.5 Å². The molecule has 7 N–H and O–H groups in total. The van der Waals surface area contributed by atoms with Crippen molar-refractivity contribution in [1.82, 2.24) is 44.5 Å². The molecule has 6 heterocycles. The largest absolute Gasteiger partial charge is 0.395 e. The van der Waals surface area contributed by atoms with Crippen LogP contribution in [0.3, 0.4) is 0 Å². The molecule has 0 aliphatic carbocycles. The lowest BCUT2D eigenvalue weighted by atomic mass is 10.1. The highest BCUT2D eigenvalue weighted by Gasteiger charge is 2.53. The fourth-order valence-corrected chi connectivity index (χ4v) is 8.09. The van der Waals surface area contributed by atoms with Gasteiger partial charge in [0.25, 0.3) is 5.56 Å². The van der Waals surface area contributed by atoms with Crippen molar-refractivity contribution in [3.63, 3.8) is 0 Å². The van der Waals surface area contributed by atoms with Gasteiger partial charge in [-0.2, -0.15) is 4.98 Å². The quantitative estimate of drug-likeness (QED) is 0.102. The van der Waals surface area contributed by atoms with Crippen LogP contribution in [0, 0.1) is 0 Å². The van der Waals surface area contributed by atoms with Crippen LogP contribution >= 0.6 is 29.7 Å². The lowest BCUT2D eigenvalue weighted by Gasteiger charge is -2.28. The fourth-order valence-electron chi connectivity index (χ4n) is 4.69. The average Bonchev–Trinajstić information content (AvgIpc) is 3.70. The number of H-pyrrole nitrogens is 1. The molecule has 8 atom stereocenters. The first-order valence-corrected chi connectivity index (χ1v) is 16.8. The van der Waals surface area contributed by atoms with E-state index >= 15 is 8.78 Å². The van der Waals surface area contributed by atoms with E-state index in [1.807, 2.05) is 0 Å². The molecule has 0 saturated carbocycles. The maximum atomic E-state index is 16.0. The number of ether oxygens (including phenoxy) is 1. The Morgan fingerprint density at radius 1 is 1.33 bits per heavy atom. The van der Waals surface area contributed by atoms with Gasteiger partial charge in [-0.1, -0.05) is 17.5 Å². The lowest BCUT2D eigenvalue weighted by Crippen LogP contribution is -2.43. The maximum absolute atomic E-state index is 16.0. The molecule has 2 aliphatic rings. The Morgan fingerprint density at radius 2 is 2.12 bits per heavy atom. The average molecular weight is 666 g/mol. The number of aliphatic hydroxyl groups excluding tert-OH is 2. The van der Waals surface area contributed by atoms with E-state index in [9.17, 15) is 15.0 Å². The summed E-state index contributed by atoms with van der Waals surface area (Å²) in [5.74, 6) is -2.67. The lowest BCUT2D eigenvalue weighted by molar-refractivity contribution is -0.0447. The van der Waals surface area contributed by atoms with E-state index in [1.54, 1.807) is 0 Å². The third-order valence-corrected chi connectivity index (χ3v) is 10.5. The second-order valence-corrected chi connectivity index (χ2v) is 15.9. The number of imidazole rings is 1. The number of thioether (sulfide) groups is 1.